The molecule has 1 aromatic carbocycles. The summed E-state index contributed by atoms with van der Waals surface area (Å²) in [5.74, 6) is 1.53. The first kappa shape index (κ1) is 13.9. The maximum atomic E-state index is 5.90. The van der Waals surface area contributed by atoms with Gasteiger partial charge in [0, 0.05) is 28.9 Å². The minimum Gasteiger partial charge on any atom is -0.493 e. The summed E-state index contributed by atoms with van der Waals surface area (Å²) in [5, 5.41) is 0.728. The average molecular weight is 322 g/mol. The topological polar surface area (TPSA) is 31.4 Å². The van der Waals surface area contributed by atoms with E-state index in [2.05, 4.69) is 27.0 Å². The number of hydrogen-bond donors (Lipinski definition) is 0. The molecule has 0 bridgehead atoms. The molecule has 0 saturated heterocycles. The normalized spacial score (nSPS) is 10.3. The second-order valence-corrected chi connectivity index (χ2v) is 4.80. The number of benzene rings is 1. The third kappa shape index (κ3) is 3.47. The molecule has 0 aliphatic carbocycles. The molecule has 0 aliphatic heterocycles. The first-order chi connectivity index (χ1) is 9.24. The molecule has 0 unspecified atom stereocenters. The molecular weight excluding hydrogens is 306 g/mol. The highest BCUT2D eigenvalue weighted by Crippen LogP contribution is 2.33. The van der Waals surface area contributed by atoms with Gasteiger partial charge in [-0.3, -0.25) is 4.98 Å². The van der Waals surface area contributed by atoms with Crippen molar-refractivity contribution in [3.63, 3.8) is 0 Å². The number of aryl methyl sites for hydroxylation is 1. The molecule has 0 spiro atoms. The van der Waals surface area contributed by atoms with Crippen LogP contribution >= 0.6 is 15.9 Å². The summed E-state index contributed by atoms with van der Waals surface area (Å²) >= 11 is 3.46. The fourth-order valence-corrected chi connectivity index (χ4v) is 2.28. The quantitative estimate of drug-likeness (QED) is 0.783. The van der Waals surface area contributed by atoms with Crippen molar-refractivity contribution in [3.8, 4) is 11.5 Å². The summed E-state index contributed by atoms with van der Waals surface area (Å²) < 4.78 is 11.2. The molecule has 0 saturated carbocycles. The first-order valence-electron chi connectivity index (χ1n) is 5.99. The minimum absolute atomic E-state index is 0.481. The van der Waals surface area contributed by atoms with Gasteiger partial charge in [-0.2, -0.15) is 0 Å². The number of rotatable bonds is 5. The summed E-state index contributed by atoms with van der Waals surface area (Å²) in [4.78, 5) is 4.16. The molecule has 0 fully saturated rings. The van der Waals surface area contributed by atoms with Gasteiger partial charge >= 0.3 is 0 Å². The smallest absolute Gasteiger partial charge is 0.165 e. The number of methoxy groups -OCH3 is 1. The number of nitrogens with zero attached hydrogens (tertiary/aromatic N) is 1. The van der Waals surface area contributed by atoms with Crippen molar-refractivity contribution in [1.82, 2.24) is 4.98 Å². The Kier molecular flexibility index (Phi) is 4.80. The molecule has 0 radical (unpaired) electrons. The van der Waals surface area contributed by atoms with E-state index in [1.807, 2.05) is 37.5 Å². The third-order valence-electron chi connectivity index (χ3n) is 2.74. The van der Waals surface area contributed by atoms with E-state index in [9.17, 15) is 0 Å². The summed E-state index contributed by atoms with van der Waals surface area (Å²) in [6, 6.07) is 7.93. The van der Waals surface area contributed by atoms with Crippen LogP contribution in [-0.2, 0) is 11.9 Å². The molecule has 2 aromatic rings. The molecule has 19 heavy (non-hydrogen) atoms. The number of halogens is 1. The monoisotopic (exact) mass is 321 g/mol. The third-order valence-corrected chi connectivity index (χ3v) is 3.34. The van der Waals surface area contributed by atoms with Crippen molar-refractivity contribution in [1.29, 1.82) is 0 Å². The zero-order valence-corrected chi connectivity index (χ0v) is 12.6. The lowest BCUT2D eigenvalue weighted by atomic mass is 10.2. The number of ether oxygens (including phenoxy) is 2. The Labute approximate surface area is 121 Å². The number of pyridine rings is 1. The lowest BCUT2D eigenvalue weighted by Crippen LogP contribution is -2.01. The maximum absolute atomic E-state index is 5.90. The van der Waals surface area contributed by atoms with E-state index in [-0.39, 0.29) is 0 Å². The molecular formula is C15H16BrNO2. The predicted octanol–water partition coefficient (Wildman–Crippen LogP) is 3.87. The summed E-state index contributed by atoms with van der Waals surface area (Å²) in [7, 11) is 1.65. The van der Waals surface area contributed by atoms with Crippen molar-refractivity contribution in [3.05, 3.63) is 53.3 Å². The van der Waals surface area contributed by atoms with E-state index < -0.39 is 0 Å². The van der Waals surface area contributed by atoms with Gasteiger partial charge in [0.05, 0.1) is 7.11 Å². The Morgan fingerprint density at radius 1 is 1.26 bits per heavy atom. The lowest BCUT2D eigenvalue weighted by molar-refractivity contribution is 0.282. The molecule has 0 atom stereocenters. The van der Waals surface area contributed by atoms with Gasteiger partial charge in [0.15, 0.2) is 11.5 Å². The Morgan fingerprint density at radius 3 is 2.79 bits per heavy atom. The molecule has 0 N–H and O–H groups in total. The fourth-order valence-electron chi connectivity index (χ4n) is 1.84. The first-order valence-corrected chi connectivity index (χ1v) is 7.12. The second-order valence-electron chi connectivity index (χ2n) is 4.24. The van der Waals surface area contributed by atoms with Crippen LogP contribution in [0.3, 0.4) is 0 Å². The molecule has 100 valence electrons. The molecule has 1 aromatic heterocycles. The van der Waals surface area contributed by atoms with Crippen molar-refractivity contribution < 1.29 is 9.47 Å². The Balaban J connectivity index is 2.19. The molecule has 0 aliphatic rings. The average Bonchev–Trinajstić information content (AvgIpc) is 2.44. The highest BCUT2D eigenvalue weighted by molar-refractivity contribution is 9.08. The van der Waals surface area contributed by atoms with Crippen molar-refractivity contribution >= 4 is 15.9 Å². The summed E-state index contributed by atoms with van der Waals surface area (Å²) in [6.07, 6.45) is 3.65. The van der Waals surface area contributed by atoms with Crippen LogP contribution in [0.15, 0.2) is 36.7 Å². The zero-order valence-electron chi connectivity index (χ0n) is 11.0. The van der Waals surface area contributed by atoms with Gasteiger partial charge < -0.3 is 9.47 Å². The van der Waals surface area contributed by atoms with E-state index in [4.69, 9.17) is 9.47 Å². The minimum atomic E-state index is 0.481. The van der Waals surface area contributed by atoms with Crippen LogP contribution in [0.2, 0.25) is 0 Å². The van der Waals surface area contributed by atoms with Gasteiger partial charge in [-0.1, -0.05) is 28.1 Å². The van der Waals surface area contributed by atoms with Gasteiger partial charge in [-0.15, -0.1) is 0 Å². The van der Waals surface area contributed by atoms with Crippen LogP contribution < -0.4 is 9.47 Å². The number of para-hydroxylation sites is 1. The highest BCUT2D eigenvalue weighted by Gasteiger charge is 2.10. The van der Waals surface area contributed by atoms with Crippen molar-refractivity contribution in [2.75, 3.05) is 7.11 Å². The second kappa shape index (κ2) is 6.57. The summed E-state index contributed by atoms with van der Waals surface area (Å²) in [6.45, 7) is 2.50. The zero-order chi connectivity index (χ0) is 13.7. The van der Waals surface area contributed by atoms with E-state index in [0.717, 1.165) is 33.5 Å². The molecule has 0 amide bonds. The number of hydrogen-bond acceptors (Lipinski definition) is 3. The van der Waals surface area contributed by atoms with Crippen LogP contribution in [0.5, 0.6) is 11.5 Å². The Bertz CT molecular complexity index is 535. The van der Waals surface area contributed by atoms with E-state index >= 15 is 0 Å². The number of aromatic nitrogens is 1. The van der Waals surface area contributed by atoms with E-state index in [1.165, 1.54) is 0 Å². The highest BCUT2D eigenvalue weighted by atomic mass is 79.9. The summed E-state index contributed by atoms with van der Waals surface area (Å²) in [5.41, 5.74) is 3.24. The van der Waals surface area contributed by atoms with Gasteiger partial charge in [0.2, 0.25) is 0 Å². The van der Waals surface area contributed by atoms with Gasteiger partial charge in [-0.05, 0) is 24.6 Å². The van der Waals surface area contributed by atoms with Crippen LogP contribution in [0.4, 0.5) is 0 Å². The van der Waals surface area contributed by atoms with Gasteiger partial charge in [0.25, 0.3) is 0 Å². The van der Waals surface area contributed by atoms with E-state index in [1.54, 1.807) is 7.11 Å². The SMILES string of the molecule is COc1cccc(CBr)c1OCc1cncc(C)c1. The molecule has 2 rings (SSSR count). The Hall–Kier alpha value is -1.55. The van der Waals surface area contributed by atoms with Crippen molar-refractivity contribution in [2.24, 2.45) is 0 Å². The van der Waals surface area contributed by atoms with Gasteiger partial charge in [0.1, 0.15) is 6.61 Å². The fraction of sp³-hybridized carbons (Fsp3) is 0.267. The molecule has 1 heterocycles. The standard InChI is InChI=1S/C15H16BrNO2/c1-11-6-12(9-17-8-11)10-19-15-13(7-16)4-3-5-14(15)18-2/h3-6,8-9H,7,10H2,1-2H3. The maximum Gasteiger partial charge on any atom is 0.165 e. The van der Waals surface area contributed by atoms with E-state index in [0.29, 0.717) is 6.61 Å². The van der Waals surface area contributed by atoms with Crippen molar-refractivity contribution in [2.45, 2.75) is 18.9 Å². The molecule has 4 heteroatoms. The van der Waals surface area contributed by atoms with Crippen LogP contribution in [0.25, 0.3) is 0 Å². The predicted molar refractivity (Wildman–Crippen MR) is 78.9 cm³/mol. The van der Waals surface area contributed by atoms with Crippen LogP contribution in [0.1, 0.15) is 16.7 Å². The van der Waals surface area contributed by atoms with Crippen LogP contribution in [0, 0.1) is 6.92 Å². The number of alkyl halides is 1. The lowest BCUT2D eigenvalue weighted by Gasteiger charge is -2.14. The largest absolute Gasteiger partial charge is 0.493 e. The van der Waals surface area contributed by atoms with Crippen LogP contribution in [-0.4, -0.2) is 12.1 Å². The molecule has 3 nitrogen and oxygen atoms in total. The van der Waals surface area contributed by atoms with Gasteiger partial charge in [-0.25, -0.2) is 0 Å². The Morgan fingerprint density at radius 2 is 2.11 bits per heavy atom.